The molecule has 0 amide bonds. The number of halogens is 5. The maximum atomic E-state index is 13.7. The first kappa shape index (κ1) is 21.1. The normalized spacial score (nSPS) is 12.5. The quantitative estimate of drug-likeness (QED) is 0.589. The van der Waals surface area contributed by atoms with Crippen LogP contribution in [0, 0.1) is 12.7 Å². The molecule has 5 nitrogen and oxygen atoms in total. The maximum absolute atomic E-state index is 13.7. The van der Waals surface area contributed by atoms with E-state index in [2.05, 4.69) is 0 Å². The molecule has 0 saturated heterocycles. The molecule has 0 atom stereocenters. The molecule has 0 unspecified atom stereocenters. The van der Waals surface area contributed by atoms with E-state index in [4.69, 9.17) is 16.7 Å². The molecule has 3 rings (SSSR count). The Balaban J connectivity index is 2.30. The number of carbonyl (C=O) groups is 1. The Morgan fingerprint density at radius 2 is 1.83 bits per heavy atom. The van der Waals surface area contributed by atoms with Gasteiger partial charge in [-0.3, -0.25) is 4.79 Å². The van der Waals surface area contributed by atoms with Crippen LogP contribution in [-0.4, -0.2) is 23.5 Å². The predicted octanol–water partition coefficient (Wildman–Crippen LogP) is 4.63. The van der Waals surface area contributed by atoms with Crippen LogP contribution in [0.2, 0.25) is 5.02 Å². The lowest BCUT2D eigenvalue weighted by molar-refractivity contribution is -0.138. The monoisotopic (exact) mass is 449 g/mol. The molecule has 1 heterocycles. The summed E-state index contributed by atoms with van der Waals surface area (Å²) in [6, 6.07) is 4.95. The first-order valence-electron chi connectivity index (χ1n) is 7.97. The first-order valence-corrected chi connectivity index (χ1v) is 9.79. The van der Waals surface area contributed by atoms with E-state index in [-0.39, 0.29) is 22.2 Å². The molecule has 0 saturated carbocycles. The van der Waals surface area contributed by atoms with Crippen molar-refractivity contribution in [2.45, 2.75) is 24.4 Å². The Labute approximate surface area is 167 Å². The molecule has 0 fully saturated rings. The summed E-state index contributed by atoms with van der Waals surface area (Å²) < 4.78 is 79.4. The van der Waals surface area contributed by atoms with Crippen molar-refractivity contribution in [1.29, 1.82) is 0 Å². The van der Waals surface area contributed by atoms with Gasteiger partial charge in [0.1, 0.15) is 10.7 Å². The summed E-state index contributed by atoms with van der Waals surface area (Å²) in [5.41, 5.74) is -1.08. The van der Waals surface area contributed by atoms with E-state index in [9.17, 15) is 30.8 Å². The van der Waals surface area contributed by atoms with Crippen molar-refractivity contribution in [3.05, 3.63) is 64.1 Å². The molecule has 3 aromatic rings. The van der Waals surface area contributed by atoms with Crippen molar-refractivity contribution < 1.29 is 35.9 Å². The number of fused-ring (bicyclic) bond motifs is 1. The minimum atomic E-state index is -4.71. The number of alkyl halides is 3. The second-order valence-electron chi connectivity index (χ2n) is 6.21. The number of carboxylic acids is 1. The first-order chi connectivity index (χ1) is 13.3. The second kappa shape index (κ2) is 7.03. The molecular weight excluding hydrogens is 438 g/mol. The van der Waals surface area contributed by atoms with Crippen molar-refractivity contribution in [2.75, 3.05) is 0 Å². The molecule has 0 aliphatic rings. The molecule has 2 aromatic carbocycles. The van der Waals surface area contributed by atoms with Crippen LogP contribution in [0.25, 0.3) is 10.9 Å². The van der Waals surface area contributed by atoms with E-state index < -0.39 is 49.9 Å². The third-order valence-electron chi connectivity index (χ3n) is 4.35. The number of aliphatic carboxylic acids is 1. The van der Waals surface area contributed by atoms with Crippen molar-refractivity contribution >= 4 is 38.5 Å². The predicted molar refractivity (Wildman–Crippen MR) is 97.0 cm³/mol. The zero-order chi connectivity index (χ0) is 21.7. The lowest BCUT2D eigenvalue weighted by Crippen LogP contribution is -2.16. The zero-order valence-corrected chi connectivity index (χ0v) is 16.2. The Morgan fingerprint density at radius 3 is 2.38 bits per heavy atom. The van der Waals surface area contributed by atoms with Gasteiger partial charge < -0.3 is 5.11 Å². The Hall–Kier alpha value is -2.59. The number of nitrogens with zero attached hydrogens (tertiary/aromatic N) is 1. The van der Waals surface area contributed by atoms with Crippen molar-refractivity contribution in [1.82, 2.24) is 3.97 Å². The van der Waals surface area contributed by atoms with Gasteiger partial charge in [0.2, 0.25) is 0 Å². The average molecular weight is 450 g/mol. The van der Waals surface area contributed by atoms with Crippen molar-refractivity contribution in [3.8, 4) is 0 Å². The van der Waals surface area contributed by atoms with Crippen LogP contribution in [-0.2, 0) is 27.4 Å². The van der Waals surface area contributed by atoms with Gasteiger partial charge in [0, 0.05) is 11.1 Å². The zero-order valence-electron chi connectivity index (χ0n) is 14.6. The van der Waals surface area contributed by atoms with Crippen LogP contribution in [0.1, 0.15) is 16.8 Å². The second-order valence-corrected chi connectivity index (χ2v) is 8.37. The van der Waals surface area contributed by atoms with E-state index in [1.54, 1.807) is 0 Å². The standard InChI is InChI=1S/C18H12ClF4NO4S/c1-9-12(8-17(25)26)13-7-11(20)3-4-15(13)24(9)29(27,28)16-5-2-10(6-14(16)19)18(21,22)23/h2-7H,8H2,1H3,(H,25,26). The van der Waals surface area contributed by atoms with Crippen LogP contribution in [0.5, 0.6) is 0 Å². The fraction of sp³-hybridized carbons (Fsp3) is 0.167. The summed E-state index contributed by atoms with van der Waals surface area (Å²) in [5, 5.41) is 8.54. The van der Waals surface area contributed by atoms with Gasteiger partial charge >= 0.3 is 12.1 Å². The minimum absolute atomic E-state index is 0.0102. The van der Waals surface area contributed by atoms with E-state index in [0.29, 0.717) is 12.1 Å². The Morgan fingerprint density at radius 1 is 1.17 bits per heavy atom. The molecule has 0 aliphatic carbocycles. The summed E-state index contributed by atoms with van der Waals surface area (Å²) in [6.07, 6.45) is -5.29. The van der Waals surface area contributed by atoms with Crippen LogP contribution in [0.3, 0.4) is 0 Å². The SMILES string of the molecule is Cc1c(CC(=O)O)c2cc(F)ccc2n1S(=O)(=O)c1ccc(C(F)(F)F)cc1Cl. The smallest absolute Gasteiger partial charge is 0.416 e. The van der Waals surface area contributed by atoms with Crippen LogP contribution in [0.15, 0.2) is 41.3 Å². The molecule has 1 aromatic heterocycles. The number of rotatable bonds is 4. The van der Waals surface area contributed by atoms with Gasteiger partial charge in [-0.05, 0) is 48.9 Å². The highest BCUT2D eigenvalue weighted by Gasteiger charge is 2.33. The van der Waals surface area contributed by atoms with Crippen molar-refractivity contribution in [2.24, 2.45) is 0 Å². The van der Waals surface area contributed by atoms with Gasteiger partial charge in [-0.2, -0.15) is 13.2 Å². The third kappa shape index (κ3) is 3.69. The molecule has 11 heteroatoms. The molecule has 0 aliphatic heterocycles. The van der Waals surface area contributed by atoms with Gasteiger partial charge in [0.25, 0.3) is 10.0 Å². The molecule has 0 spiro atoms. The lowest BCUT2D eigenvalue weighted by Gasteiger charge is -2.13. The molecular formula is C18H12ClF4NO4S. The number of hydrogen-bond donors (Lipinski definition) is 1. The van der Waals surface area contributed by atoms with Gasteiger partial charge in [-0.15, -0.1) is 0 Å². The Bertz CT molecular complexity index is 1250. The molecule has 1 N–H and O–H groups in total. The number of benzene rings is 2. The molecule has 0 radical (unpaired) electrons. The summed E-state index contributed by atoms with van der Waals surface area (Å²) in [7, 11) is -4.51. The van der Waals surface area contributed by atoms with Crippen LogP contribution < -0.4 is 0 Å². The summed E-state index contributed by atoms with van der Waals surface area (Å²) in [6.45, 7) is 1.33. The van der Waals surface area contributed by atoms with E-state index in [0.717, 1.165) is 28.2 Å². The molecule has 154 valence electrons. The summed E-state index contributed by atoms with van der Waals surface area (Å²) in [4.78, 5) is 10.6. The lowest BCUT2D eigenvalue weighted by atomic mass is 10.1. The third-order valence-corrected chi connectivity index (χ3v) is 6.64. The van der Waals surface area contributed by atoms with Gasteiger partial charge in [-0.1, -0.05) is 11.6 Å². The largest absolute Gasteiger partial charge is 0.481 e. The summed E-state index contributed by atoms with van der Waals surface area (Å²) in [5.74, 6) is -1.97. The average Bonchev–Trinajstić information content (AvgIpc) is 2.85. The fourth-order valence-corrected chi connectivity index (χ4v) is 5.20. The van der Waals surface area contributed by atoms with Crippen molar-refractivity contribution in [3.63, 3.8) is 0 Å². The highest BCUT2D eigenvalue weighted by Crippen LogP contribution is 2.36. The van der Waals surface area contributed by atoms with Gasteiger partial charge in [0.15, 0.2) is 0 Å². The van der Waals surface area contributed by atoms with E-state index >= 15 is 0 Å². The maximum Gasteiger partial charge on any atom is 0.416 e. The molecule has 29 heavy (non-hydrogen) atoms. The summed E-state index contributed by atoms with van der Waals surface area (Å²) >= 11 is 5.84. The van der Waals surface area contributed by atoms with E-state index in [1.807, 2.05) is 0 Å². The van der Waals surface area contributed by atoms with E-state index in [1.165, 1.54) is 6.92 Å². The number of aromatic nitrogens is 1. The Kier molecular flexibility index (Phi) is 5.12. The highest BCUT2D eigenvalue weighted by molar-refractivity contribution is 7.90. The fourth-order valence-electron chi connectivity index (χ4n) is 3.09. The molecule has 0 bridgehead atoms. The topological polar surface area (TPSA) is 76.4 Å². The van der Waals surface area contributed by atoms with Crippen LogP contribution in [0.4, 0.5) is 17.6 Å². The highest BCUT2D eigenvalue weighted by atomic mass is 35.5. The minimum Gasteiger partial charge on any atom is -0.481 e. The van der Waals surface area contributed by atoms with Gasteiger partial charge in [0.05, 0.1) is 22.5 Å². The number of carboxylic acid groups (broad SMARTS) is 1. The van der Waals surface area contributed by atoms with Crippen LogP contribution >= 0.6 is 11.6 Å². The number of hydrogen-bond acceptors (Lipinski definition) is 3. The van der Waals surface area contributed by atoms with Gasteiger partial charge in [-0.25, -0.2) is 16.8 Å².